The maximum Gasteiger partial charge on any atom is 0.409 e. The summed E-state index contributed by atoms with van der Waals surface area (Å²) in [5.41, 5.74) is 0. The maximum atomic E-state index is 11.4. The molecule has 0 bridgehead atoms. The van der Waals surface area contributed by atoms with Gasteiger partial charge in [0.2, 0.25) is 10.2 Å². The van der Waals surface area contributed by atoms with E-state index in [1.165, 1.54) is 0 Å². The predicted octanol–water partition coefficient (Wildman–Crippen LogP) is 1.78. The molecule has 0 aromatic carbocycles. The number of carbonyl (C=O) groups is 1. The zero-order chi connectivity index (χ0) is 9.71. The molecule has 1 aromatic heterocycles. The van der Waals surface area contributed by atoms with E-state index < -0.39 is 0 Å². The van der Waals surface area contributed by atoms with Crippen LogP contribution >= 0.6 is 27.7 Å². The standard InChI is InChI=1S/C9H7BrNO2S/c10-7-8(12)11-4-6(14-9(7)11)5-2-1-3-13-5/h1-4,6-7,9H/q+1/t6?,7-,9+/m0/s1. The monoisotopic (exact) mass is 272 g/mol. The second kappa shape index (κ2) is 2.97. The van der Waals surface area contributed by atoms with Gasteiger partial charge in [0, 0.05) is 0 Å². The van der Waals surface area contributed by atoms with Gasteiger partial charge in [-0.05, 0) is 12.1 Å². The lowest BCUT2D eigenvalue weighted by Crippen LogP contribution is -2.52. The molecule has 2 aliphatic heterocycles. The fourth-order valence-corrected chi connectivity index (χ4v) is 3.86. The summed E-state index contributed by atoms with van der Waals surface area (Å²) in [5, 5.41) is 0.430. The highest BCUT2D eigenvalue weighted by molar-refractivity contribution is 9.10. The molecule has 0 N–H and O–H groups in total. The van der Waals surface area contributed by atoms with Crippen LogP contribution in [0.3, 0.4) is 0 Å². The molecule has 3 nitrogen and oxygen atoms in total. The van der Waals surface area contributed by atoms with E-state index in [0.717, 1.165) is 5.76 Å². The molecule has 14 heavy (non-hydrogen) atoms. The van der Waals surface area contributed by atoms with Crippen LogP contribution in [-0.2, 0) is 4.79 Å². The van der Waals surface area contributed by atoms with Crippen molar-refractivity contribution in [2.45, 2.75) is 15.5 Å². The number of β-lactam (4-membered cyclic amide) rings is 1. The Morgan fingerprint density at radius 3 is 3.07 bits per heavy atom. The molecule has 1 fully saturated rings. The predicted molar refractivity (Wildman–Crippen MR) is 56.9 cm³/mol. The summed E-state index contributed by atoms with van der Waals surface area (Å²) in [6.07, 6.45) is 3.60. The normalized spacial score (nSPS) is 35.1. The number of hydrogen-bond acceptors (Lipinski definition) is 3. The van der Waals surface area contributed by atoms with Gasteiger partial charge in [0.25, 0.3) is 0 Å². The molecular weight excluding hydrogens is 266 g/mol. The van der Waals surface area contributed by atoms with Crippen LogP contribution in [0.1, 0.15) is 11.0 Å². The average molecular weight is 273 g/mol. The molecule has 3 heterocycles. The first kappa shape index (κ1) is 8.73. The second-order valence-electron chi connectivity index (χ2n) is 3.26. The lowest BCUT2D eigenvalue weighted by Gasteiger charge is -2.20. The van der Waals surface area contributed by atoms with Gasteiger partial charge < -0.3 is 4.42 Å². The maximum absolute atomic E-state index is 11.4. The van der Waals surface area contributed by atoms with Gasteiger partial charge in [-0.2, -0.15) is 4.58 Å². The summed E-state index contributed by atoms with van der Waals surface area (Å²) < 4.78 is 7.08. The van der Waals surface area contributed by atoms with Gasteiger partial charge in [-0.1, -0.05) is 27.7 Å². The van der Waals surface area contributed by atoms with Crippen molar-refractivity contribution in [1.82, 2.24) is 0 Å². The van der Waals surface area contributed by atoms with Crippen molar-refractivity contribution in [1.29, 1.82) is 0 Å². The van der Waals surface area contributed by atoms with Crippen molar-refractivity contribution in [3.8, 4) is 0 Å². The summed E-state index contributed by atoms with van der Waals surface area (Å²) in [7, 11) is 0. The number of nitrogens with zero attached hydrogens (tertiary/aromatic N) is 1. The van der Waals surface area contributed by atoms with Gasteiger partial charge >= 0.3 is 5.91 Å². The van der Waals surface area contributed by atoms with E-state index in [-0.39, 0.29) is 21.4 Å². The van der Waals surface area contributed by atoms with E-state index >= 15 is 0 Å². The topological polar surface area (TPSA) is 33.2 Å². The van der Waals surface area contributed by atoms with Crippen molar-refractivity contribution in [2.75, 3.05) is 0 Å². The van der Waals surface area contributed by atoms with E-state index in [1.807, 2.05) is 18.3 Å². The SMILES string of the molecule is O=C1[C@H](Br)[C@H]2SC(c3ccco3)C=[N+]12. The third-order valence-electron chi connectivity index (χ3n) is 2.42. The van der Waals surface area contributed by atoms with E-state index in [1.54, 1.807) is 22.6 Å². The van der Waals surface area contributed by atoms with Gasteiger partial charge in [0.15, 0.2) is 6.21 Å². The van der Waals surface area contributed by atoms with Crippen molar-refractivity contribution >= 4 is 39.8 Å². The fraction of sp³-hybridized carbons (Fsp3) is 0.333. The molecule has 1 unspecified atom stereocenters. The molecule has 1 saturated heterocycles. The van der Waals surface area contributed by atoms with Crippen LogP contribution in [-0.4, -0.2) is 26.9 Å². The summed E-state index contributed by atoms with van der Waals surface area (Å²) >= 11 is 5.10. The number of furan rings is 1. The first-order chi connectivity index (χ1) is 6.77. The van der Waals surface area contributed by atoms with Gasteiger partial charge in [0.05, 0.1) is 6.26 Å². The molecule has 72 valence electrons. The Bertz CT molecular complexity index is 414. The Kier molecular flexibility index (Phi) is 1.85. The molecule has 0 saturated carbocycles. The number of hydrogen-bond donors (Lipinski definition) is 0. The Balaban J connectivity index is 1.89. The van der Waals surface area contributed by atoms with Crippen LogP contribution in [0.5, 0.6) is 0 Å². The van der Waals surface area contributed by atoms with E-state index in [0.29, 0.717) is 0 Å². The van der Waals surface area contributed by atoms with E-state index in [9.17, 15) is 4.79 Å². The van der Waals surface area contributed by atoms with Crippen LogP contribution < -0.4 is 0 Å². The molecule has 3 rings (SSSR count). The van der Waals surface area contributed by atoms with Crippen molar-refractivity contribution in [3.05, 3.63) is 24.2 Å². The third kappa shape index (κ3) is 1.05. The summed E-state index contributed by atoms with van der Waals surface area (Å²) in [6.45, 7) is 0. The number of thioether (sulfide) groups is 1. The number of carbonyl (C=O) groups excluding carboxylic acids is 1. The third-order valence-corrected chi connectivity index (χ3v) is 5.09. The first-order valence-corrected chi connectivity index (χ1v) is 6.13. The molecular formula is C9H7BrNO2S+. The second-order valence-corrected chi connectivity index (χ2v) is 5.51. The van der Waals surface area contributed by atoms with Crippen molar-refractivity contribution in [3.63, 3.8) is 0 Å². The zero-order valence-electron chi connectivity index (χ0n) is 7.09. The molecule has 0 spiro atoms. The lowest BCUT2D eigenvalue weighted by molar-refractivity contribution is -0.493. The number of rotatable bonds is 1. The fourth-order valence-electron chi connectivity index (χ4n) is 1.67. The molecule has 2 aliphatic rings. The first-order valence-electron chi connectivity index (χ1n) is 4.27. The highest BCUT2D eigenvalue weighted by Crippen LogP contribution is 2.44. The molecule has 5 heteroatoms. The highest BCUT2D eigenvalue weighted by Gasteiger charge is 2.58. The van der Waals surface area contributed by atoms with Gasteiger partial charge in [-0.25, -0.2) is 4.79 Å². The minimum Gasteiger partial charge on any atom is -0.468 e. The summed E-state index contributed by atoms with van der Waals surface area (Å²) in [5.74, 6) is 1.06. The minimum atomic E-state index is -0.0243. The van der Waals surface area contributed by atoms with Crippen LogP contribution in [0, 0.1) is 0 Å². The Labute approximate surface area is 93.3 Å². The summed E-state index contributed by atoms with van der Waals surface area (Å²) in [4.78, 5) is 11.3. The highest BCUT2D eigenvalue weighted by atomic mass is 79.9. The lowest BCUT2D eigenvalue weighted by atomic mass is 10.2. The minimum absolute atomic E-state index is 0.0243. The Morgan fingerprint density at radius 1 is 1.57 bits per heavy atom. The number of halogens is 1. The quantitative estimate of drug-likeness (QED) is 0.444. The molecule has 1 aromatic rings. The molecule has 0 aliphatic carbocycles. The van der Waals surface area contributed by atoms with Crippen molar-refractivity contribution < 1.29 is 13.8 Å². The molecule has 0 radical (unpaired) electrons. The molecule has 1 amide bonds. The smallest absolute Gasteiger partial charge is 0.409 e. The largest absolute Gasteiger partial charge is 0.468 e. The van der Waals surface area contributed by atoms with Crippen LogP contribution in [0.4, 0.5) is 0 Å². The van der Waals surface area contributed by atoms with Crippen LogP contribution in [0.25, 0.3) is 0 Å². The van der Waals surface area contributed by atoms with E-state index in [2.05, 4.69) is 15.9 Å². The number of fused-ring (bicyclic) bond motifs is 1. The summed E-state index contributed by atoms with van der Waals surface area (Å²) in [6, 6.07) is 3.81. The van der Waals surface area contributed by atoms with Gasteiger partial charge in [-0.15, -0.1) is 0 Å². The number of alkyl halides is 1. The average Bonchev–Trinajstić information content (AvgIpc) is 2.84. The zero-order valence-corrected chi connectivity index (χ0v) is 9.49. The van der Waals surface area contributed by atoms with E-state index in [4.69, 9.17) is 4.42 Å². The number of amides is 1. The Hall–Kier alpha value is -0.550. The van der Waals surface area contributed by atoms with Gasteiger partial charge in [0.1, 0.15) is 11.0 Å². The molecule has 3 atom stereocenters. The van der Waals surface area contributed by atoms with Gasteiger partial charge in [-0.3, -0.25) is 0 Å². The van der Waals surface area contributed by atoms with Crippen LogP contribution in [0.15, 0.2) is 22.8 Å². The van der Waals surface area contributed by atoms with Crippen molar-refractivity contribution in [2.24, 2.45) is 0 Å². The Morgan fingerprint density at radius 2 is 2.43 bits per heavy atom. The van der Waals surface area contributed by atoms with Crippen LogP contribution in [0.2, 0.25) is 0 Å².